The van der Waals surface area contributed by atoms with Crippen molar-refractivity contribution in [1.82, 2.24) is 10.6 Å². The van der Waals surface area contributed by atoms with Gasteiger partial charge in [-0.15, -0.1) is 24.0 Å². The summed E-state index contributed by atoms with van der Waals surface area (Å²) in [5.41, 5.74) is 6.81. The quantitative estimate of drug-likeness (QED) is 0.246. The second kappa shape index (κ2) is 12.8. The van der Waals surface area contributed by atoms with Crippen LogP contribution in [0.1, 0.15) is 28.4 Å². The van der Waals surface area contributed by atoms with E-state index >= 15 is 0 Å². The predicted molar refractivity (Wildman–Crippen MR) is 125 cm³/mol. The number of nitrogens with two attached hydrogens (primary N) is 1. The highest BCUT2D eigenvalue weighted by Crippen LogP contribution is 2.33. The van der Waals surface area contributed by atoms with Gasteiger partial charge < -0.3 is 21.1 Å². The van der Waals surface area contributed by atoms with Crippen LogP contribution in [-0.4, -0.2) is 25.0 Å². The number of guanidine groups is 1. The third-order valence-corrected chi connectivity index (χ3v) is 4.21. The lowest BCUT2D eigenvalue weighted by atomic mass is 10.1. The number of hydrogen-bond acceptors (Lipinski definition) is 3. The molecule has 0 saturated heterocycles. The van der Waals surface area contributed by atoms with E-state index in [2.05, 4.69) is 20.4 Å². The number of primary amides is 1. The van der Waals surface area contributed by atoms with Gasteiger partial charge >= 0.3 is 6.61 Å². The normalized spacial score (nSPS) is 11.1. The maximum Gasteiger partial charge on any atom is 0.387 e. The van der Waals surface area contributed by atoms with Crippen molar-refractivity contribution in [3.63, 3.8) is 0 Å². The number of benzene rings is 2. The number of nitrogens with zero attached hydrogens (tertiary/aromatic N) is 1. The lowest BCUT2D eigenvalue weighted by Crippen LogP contribution is -2.37. The molecule has 0 aliphatic carbocycles. The average molecular weight is 573 g/mol. The van der Waals surface area contributed by atoms with Gasteiger partial charge in [-0.05, 0) is 36.8 Å². The van der Waals surface area contributed by atoms with Crippen LogP contribution in [0.3, 0.4) is 0 Å². The summed E-state index contributed by atoms with van der Waals surface area (Å²) in [5, 5.41) is 6.34. The highest BCUT2D eigenvalue weighted by molar-refractivity contribution is 14.0. The second-order valence-electron chi connectivity index (χ2n) is 5.87. The Kier molecular flexibility index (Phi) is 11.1. The molecule has 0 aromatic heterocycles. The molecule has 0 saturated carbocycles. The molecular weight excluding hydrogens is 552 g/mol. The van der Waals surface area contributed by atoms with Crippen LogP contribution in [0.25, 0.3) is 0 Å². The molecule has 11 heteroatoms. The van der Waals surface area contributed by atoms with E-state index in [0.29, 0.717) is 28.7 Å². The van der Waals surface area contributed by atoms with Crippen molar-refractivity contribution in [2.45, 2.75) is 26.6 Å². The SMILES string of the molecule is CCNC(=NCc1cccc(C(N)=O)c1)NCc1cc(Cl)cc(Cl)c1OC(F)F.I. The molecule has 0 aliphatic heterocycles. The number of alkyl halides is 2. The Hall–Kier alpha value is -1.85. The molecule has 0 bridgehead atoms. The third-order valence-electron chi connectivity index (χ3n) is 3.71. The molecule has 0 unspecified atom stereocenters. The molecule has 0 aliphatic rings. The minimum atomic E-state index is -3.02. The number of carbonyl (C=O) groups is 1. The first-order valence-corrected chi connectivity index (χ1v) is 9.39. The van der Waals surface area contributed by atoms with E-state index in [0.717, 1.165) is 5.56 Å². The van der Waals surface area contributed by atoms with Crippen molar-refractivity contribution >= 4 is 59.0 Å². The second-order valence-corrected chi connectivity index (χ2v) is 6.71. The van der Waals surface area contributed by atoms with Crippen LogP contribution in [0.4, 0.5) is 8.78 Å². The van der Waals surface area contributed by atoms with Gasteiger partial charge in [0.05, 0.1) is 11.6 Å². The van der Waals surface area contributed by atoms with Crippen molar-refractivity contribution in [2.24, 2.45) is 10.7 Å². The van der Waals surface area contributed by atoms with Crippen LogP contribution < -0.4 is 21.1 Å². The van der Waals surface area contributed by atoms with Gasteiger partial charge in [0.15, 0.2) is 5.96 Å². The molecule has 2 aromatic carbocycles. The summed E-state index contributed by atoms with van der Waals surface area (Å²) in [5.74, 6) is -0.245. The number of halogens is 5. The fourth-order valence-corrected chi connectivity index (χ4v) is 3.06. The monoisotopic (exact) mass is 572 g/mol. The standard InChI is InChI=1S/C19H20Cl2F2N4O2.HI/c1-2-25-19(26-9-11-4-3-5-12(6-11)17(24)28)27-10-13-7-14(20)8-15(21)16(13)29-18(22)23;/h3-8,18H,2,9-10H2,1H3,(H2,24,28)(H2,25,26,27);1H. The van der Waals surface area contributed by atoms with Gasteiger partial charge in [-0.2, -0.15) is 8.78 Å². The van der Waals surface area contributed by atoms with Gasteiger partial charge in [0, 0.05) is 29.2 Å². The van der Waals surface area contributed by atoms with E-state index in [4.69, 9.17) is 28.9 Å². The van der Waals surface area contributed by atoms with E-state index in [1.165, 1.54) is 12.1 Å². The number of aliphatic imine (C=N–C) groups is 1. The molecule has 6 nitrogen and oxygen atoms in total. The highest BCUT2D eigenvalue weighted by Gasteiger charge is 2.15. The molecule has 30 heavy (non-hydrogen) atoms. The largest absolute Gasteiger partial charge is 0.433 e. The lowest BCUT2D eigenvalue weighted by Gasteiger charge is -2.16. The molecule has 0 atom stereocenters. The predicted octanol–water partition coefficient (Wildman–Crippen LogP) is 4.57. The molecular formula is C19H21Cl2F2IN4O2. The van der Waals surface area contributed by atoms with Crippen molar-refractivity contribution in [3.8, 4) is 5.75 Å². The zero-order chi connectivity index (χ0) is 21.4. The third kappa shape index (κ3) is 8.11. The maximum atomic E-state index is 12.7. The minimum Gasteiger partial charge on any atom is -0.433 e. The number of rotatable bonds is 8. The van der Waals surface area contributed by atoms with E-state index in [9.17, 15) is 13.6 Å². The van der Waals surface area contributed by atoms with E-state index < -0.39 is 12.5 Å². The molecule has 0 fully saturated rings. The van der Waals surface area contributed by atoms with E-state index in [1.807, 2.05) is 13.0 Å². The van der Waals surface area contributed by atoms with Crippen LogP contribution in [0.15, 0.2) is 41.4 Å². The molecule has 0 radical (unpaired) electrons. The van der Waals surface area contributed by atoms with Gasteiger partial charge in [-0.1, -0.05) is 35.3 Å². The Morgan fingerprint density at radius 3 is 2.60 bits per heavy atom. The minimum absolute atomic E-state index is 0. The van der Waals surface area contributed by atoms with E-state index in [1.54, 1.807) is 18.2 Å². The summed E-state index contributed by atoms with van der Waals surface area (Å²) in [7, 11) is 0. The van der Waals surface area contributed by atoms with Crippen LogP contribution in [0.2, 0.25) is 10.0 Å². The average Bonchev–Trinajstić information content (AvgIpc) is 2.66. The lowest BCUT2D eigenvalue weighted by molar-refractivity contribution is -0.0504. The van der Waals surface area contributed by atoms with Crippen LogP contribution in [-0.2, 0) is 13.1 Å². The summed E-state index contributed by atoms with van der Waals surface area (Å²) in [6, 6.07) is 9.61. The fourth-order valence-electron chi connectivity index (χ4n) is 2.48. The molecule has 2 aromatic rings. The summed E-state index contributed by atoms with van der Waals surface area (Å²) in [6.45, 7) is -0.203. The van der Waals surface area contributed by atoms with Gasteiger partial charge in [0.1, 0.15) is 5.75 Å². The zero-order valence-corrected chi connectivity index (χ0v) is 19.8. The van der Waals surface area contributed by atoms with Gasteiger partial charge in [-0.3, -0.25) is 4.79 Å². The Balaban J connectivity index is 0.00000450. The first-order valence-electron chi connectivity index (χ1n) is 8.63. The van der Waals surface area contributed by atoms with Crippen LogP contribution in [0, 0.1) is 0 Å². The first-order chi connectivity index (χ1) is 13.8. The molecule has 4 N–H and O–H groups in total. The van der Waals surface area contributed by atoms with Crippen molar-refractivity contribution in [3.05, 3.63) is 63.1 Å². The summed E-state index contributed by atoms with van der Waals surface area (Å²) >= 11 is 12.0. The topological polar surface area (TPSA) is 88.7 Å². The van der Waals surface area contributed by atoms with Crippen LogP contribution in [0.5, 0.6) is 5.75 Å². The van der Waals surface area contributed by atoms with Crippen molar-refractivity contribution in [1.29, 1.82) is 0 Å². The molecule has 164 valence electrons. The maximum absolute atomic E-state index is 12.7. The summed E-state index contributed by atoms with van der Waals surface area (Å²) in [4.78, 5) is 15.7. The fraction of sp³-hybridized carbons (Fsp3) is 0.263. The Morgan fingerprint density at radius 1 is 1.23 bits per heavy atom. The molecule has 1 amide bonds. The molecule has 0 spiro atoms. The van der Waals surface area contributed by atoms with Gasteiger partial charge in [-0.25, -0.2) is 4.99 Å². The molecule has 0 heterocycles. The summed E-state index contributed by atoms with van der Waals surface area (Å²) in [6.07, 6.45) is 0. The molecule has 2 rings (SSSR count). The van der Waals surface area contributed by atoms with Gasteiger partial charge in [0.2, 0.25) is 5.91 Å². The number of carbonyl (C=O) groups excluding carboxylic acids is 1. The smallest absolute Gasteiger partial charge is 0.387 e. The Morgan fingerprint density at radius 2 is 1.97 bits per heavy atom. The number of nitrogens with one attached hydrogen (secondary N) is 2. The number of amides is 1. The van der Waals surface area contributed by atoms with Crippen LogP contribution >= 0.6 is 47.2 Å². The first kappa shape index (κ1) is 26.2. The van der Waals surface area contributed by atoms with Crippen molar-refractivity contribution < 1.29 is 18.3 Å². The Labute approximate surface area is 200 Å². The van der Waals surface area contributed by atoms with Gasteiger partial charge in [0.25, 0.3) is 0 Å². The Bertz CT molecular complexity index is 901. The number of ether oxygens (including phenoxy) is 1. The van der Waals surface area contributed by atoms with E-state index in [-0.39, 0.29) is 47.8 Å². The number of hydrogen-bond donors (Lipinski definition) is 3. The van der Waals surface area contributed by atoms with Crippen molar-refractivity contribution in [2.75, 3.05) is 6.54 Å². The zero-order valence-electron chi connectivity index (χ0n) is 15.9. The highest BCUT2D eigenvalue weighted by atomic mass is 127. The summed E-state index contributed by atoms with van der Waals surface area (Å²) < 4.78 is 29.9.